The van der Waals surface area contributed by atoms with Gasteiger partial charge in [-0.1, -0.05) is 26.2 Å². The number of hydrogen-bond donors (Lipinski definition) is 1. The molecule has 3 heteroatoms. The van der Waals surface area contributed by atoms with Crippen LogP contribution in [0.2, 0.25) is 0 Å². The molecule has 2 fully saturated rings. The minimum absolute atomic E-state index is 0.410. The highest BCUT2D eigenvalue weighted by molar-refractivity contribution is 4.86. The predicted molar refractivity (Wildman–Crippen MR) is 85.1 cm³/mol. The van der Waals surface area contributed by atoms with Crippen molar-refractivity contribution in [2.24, 2.45) is 5.92 Å². The minimum Gasteiger partial charge on any atom is -0.377 e. The van der Waals surface area contributed by atoms with Crippen LogP contribution in [0.1, 0.15) is 58.8 Å². The summed E-state index contributed by atoms with van der Waals surface area (Å²) in [5, 5.41) is 3.81. The van der Waals surface area contributed by atoms with Gasteiger partial charge in [0.15, 0.2) is 0 Å². The van der Waals surface area contributed by atoms with Crippen molar-refractivity contribution >= 4 is 0 Å². The van der Waals surface area contributed by atoms with Gasteiger partial charge in [0.25, 0.3) is 0 Å². The van der Waals surface area contributed by atoms with E-state index in [4.69, 9.17) is 4.74 Å². The molecule has 2 rings (SSSR count). The van der Waals surface area contributed by atoms with E-state index in [1.807, 2.05) is 0 Å². The van der Waals surface area contributed by atoms with Crippen molar-refractivity contribution in [2.45, 2.75) is 77.0 Å². The van der Waals surface area contributed by atoms with Crippen LogP contribution in [-0.2, 0) is 4.74 Å². The van der Waals surface area contributed by atoms with Crippen LogP contribution in [0.25, 0.3) is 0 Å². The lowest BCUT2D eigenvalue weighted by atomic mass is 9.93. The molecule has 3 nitrogen and oxygen atoms in total. The third-order valence-electron chi connectivity index (χ3n) is 5.24. The SMILES string of the molecule is CCCNC1CCCCCC1CN(C)C1CCOC1C. The largest absolute Gasteiger partial charge is 0.377 e. The van der Waals surface area contributed by atoms with Crippen molar-refractivity contribution in [1.29, 1.82) is 0 Å². The lowest BCUT2D eigenvalue weighted by molar-refractivity contribution is 0.0744. The summed E-state index contributed by atoms with van der Waals surface area (Å²) in [5.41, 5.74) is 0. The van der Waals surface area contributed by atoms with Crippen molar-refractivity contribution in [2.75, 3.05) is 26.7 Å². The summed E-state index contributed by atoms with van der Waals surface area (Å²) in [5.74, 6) is 0.821. The number of ether oxygens (including phenoxy) is 1. The number of nitrogens with one attached hydrogen (secondary N) is 1. The molecule has 1 aliphatic carbocycles. The van der Waals surface area contributed by atoms with Gasteiger partial charge in [0.1, 0.15) is 0 Å². The molecule has 1 aliphatic heterocycles. The van der Waals surface area contributed by atoms with Crippen LogP contribution >= 0.6 is 0 Å². The summed E-state index contributed by atoms with van der Waals surface area (Å²) in [4.78, 5) is 2.58. The second-order valence-corrected chi connectivity index (χ2v) is 6.83. The molecule has 0 spiro atoms. The summed E-state index contributed by atoms with van der Waals surface area (Å²) in [7, 11) is 2.30. The van der Waals surface area contributed by atoms with Crippen molar-refractivity contribution < 1.29 is 4.74 Å². The van der Waals surface area contributed by atoms with Crippen LogP contribution in [0.5, 0.6) is 0 Å². The maximum absolute atomic E-state index is 5.73. The molecule has 1 saturated carbocycles. The Balaban J connectivity index is 1.88. The van der Waals surface area contributed by atoms with Gasteiger partial charge in [-0.15, -0.1) is 0 Å². The van der Waals surface area contributed by atoms with E-state index in [9.17, 15) is 0 Å². The lowest BCUT2D eigenvalue weighted by Crippen LogP contribution is -2.45. The highest BCUT2D eigenvalue weighted by Crippen LogP contribution is 2.26. The maximum atomic E-state index is 5.73. The Bertz CT molecular complexity index is 272. The van der Waals surface area contributed by atoms with E-state index in [2.05, 4.69) is 31.1 Å². The zero-order valence-electron chi connectivity index (χ0n) is 13.7. The molecule has 2 aliphatic rings. The molecule has 0 aromatic carbocycles. The van der Waals surface area contributed by atoms with Crippen LogP contribution in [0, 0.1) is 5.92 Å². The normalized spacial score (nSPS) is 35.4. The Kier molecular flexibility index (Phi) is 6.79. The van der Waals surface area contributed by atoms with E-state index in [-0.39, 0.29) is 0 Å². The first kappa shape index (κ1) is 16.3. The summed E-state index contributed by atoms with van der Waals surface area (Å²) >= 11 is 0. The zero-order valence-corrected chi connectivity index (χ0v) is 13.7. The number of likely N-dealkylation sites (N-methyl/N-ethyl adjacent to an activating group) is 1. The topological polar surface area (TPSA) is 24.5 Å². The third kappa shape index (κ3) is 4.44. The summed E-state index contributed by atoms with van der Waals surface area (Å²) in [6, 6.07) is 1.36. The quantitative estimate of drug-likeness (QED) is 0.758. The van der Waals surface area contributed by atoms with Crippen LogP contribution in [0.3, 0.4) is 0 Å². The van der Waals surface area contributed by atoms with Gasteiger partial charge < -0.3 is 15.0 Å². The molecule has 4 atom stereocenters. The van der Waals surface area contributed by atoms with E-state index >= 15 is 0 Å². The first-order valence-corrected chi connectivity index (χ1v) is 8.77. The van der Waals surface area contributed by atoms with Crippen LogP contribution in [0.4, 0.5) is 0 Å². The second kappa shape index (κ2) is 8.35. The fourth-order valence-corrected chi connectivity index (χ4v) is 4.01. The molecule has 1 N–H and O–H groups in total. The molecular weight excluding hydrogens is 248 g/mol. The molecule has 0 radical (unpaired) electrons. The lowest BCUT2D eigenvalue weighted by Gasteiger charge is -2.34. The molecule has 0 amide bonds. The minimum atomic E-state index is 0.410. The smallest absolute Gasteiger partial charge is 0.0702 e. The monoisotopic (exact) mass is 282 g/mol. The number of rotatable bonds is 6. The molecule has 4 unspecified atom stereocenters. The highest BCUT2D eigenvalue weighted by atomic mass is 16.5. The Morgan fingerprint density at radius 2 is 1.95 bits per heavy atom. The first-order valence-electron chi connectivity index (χ1n) is 8.77. The molecule has 20 heavy (non-hydrogen) atoms. The Morgan fingerprint density at radius 3 is 2.65 bits per heavy atom. The fraction of sp³-hybridized carbons (Fsp3) is 1.00. The standard InChI is InChI=1S/C17H34N2O/c1-4-11-18-16-9-7-5-6-8-15(16)13-19(3)17-10-12-20-14(17)2/h14-18H,4-13H2,1-3H3. The predicted octanol–water partition coefficient (Wildman–Crippen LogP) is 3.04. The van der Waals surface area contributed by atoms with Gasteiger partial charge in [-0.05, 0) is 52.1 Å². The maximum Gasteiger partial charge on any atom is 0.0702 e. The molecule has 0 aromatic heterocycles. The molecular formula is C17H34N2O. The van der Waals surface area contributed by atoms with E-state index < -0.39 is 0 Å². The summed E-state index contributed by atoms with van der Waals surface area (Å²) in [6.45, 7) is 7.85. The van der Waals surface area contributed by atoms with Crippen molar-refractivity contribution in [3.05, 3.63) is 0 Å². The van der Waals surface area contributed by atoms with Crippen molar-refractivity contribution in [3.63, 3.8) is 0 Å². The van der Waals surface area contributed by atoms with Crippen LogP contribution < -0.4 is 5.32 Å². The van der Waals surface area contributed by atoms with E-state index in [1.165, 1.54) is 58.0 Å². The van der Waals surface area contributed by atoms with Crippen LogP contribution in [-0.4, -0.2) is 49.8 Å². The van der Waals surface area contributed by atoms with Gasteiger partial charge >= 0.3 is 0 Å². The van der Waals surface area contributed by atoms with Gasteiger partial charge in [-0.3, -0.25) is 0 Å². The average Bonchev–Trinajstić information content (AvgIpc) is 2.75. The van der Waals surface area contributed by atoms with Gasteiger partial charge in [0.05, 0.1) is 6.10 Å². The number of hydrogen-bond acceptors (Lipinski definition) is 3. The Labute approximate surface area is 125 Å². The molecule has 0 aromatic rings. The molecule has 1 saturated heterocycles. The van der Waals surface area contributed by atoms with Crippen molar-refractivity contribution in [1.82, 2.24) is 10.2 Å². The summed E-state index contributed by atoms with van der Waals surface area (Å²) in [6.07, 6.45) is 9.87. The first-order chi connectivity index (χ1) is 9.72. The van der Waals surface area contributed by atoms with Gasteiger partial charge in [-0.2, -0.15) is 0 Å². The Hall–Kier alpha value is -0.120. The average molecular weight is 282 g/mol. The number of nitrogens with zero attached hydrogens (tertiary/aromatic N) is 1. The highest BCUT2D eigenvalue weighted by Gasteiger charge is 2.31. The van der Waals surface area contributed by atoms with Gasteiger partial charge in [-0.25, -0.2) is 0 Å². The van der Waals surface area contributed by atoms with Gasteiger partial charge in [0, 0.05) is 25.2 Å². The fourth-order valence-electron chi connectivity index (χ4n) is 4.01. The third-order valence-corrected chi connectivity index (χ3v) is 5.24. The van der Waals surface area contributed by atoms with E-state index in [0.717, 1.165) is 18.6 Å². The summed E-state index contributed by atoms with van der Waals surface area (Å²) < 4.78 is 5.73. The molecule has 1 heterocycles. The van der Waals surface area contributed by atoms with Gasteiger partial charge in [0.2, 0.25) is 0 Å². The van der Waals surface area contributed by atoms with Crippen LogP contribution in [0.15, 0.2) is 0 Å². The van der Waals surface area contributed by atoms with Crippen molar-refractivity contribution in [3.8, 4) is 0 Å². The molecule has 118 valence electrons. The molecule has 0 bridgehead atoms. The zero-order chi connectivity index (χ0) is 14.4. The second-order valence-electron chi connectivity index (χ2n) is 6.83. The van der Waals surface area contributed by atoms with E-state index in [0.29, 0.717) is 12.1 Å². The van der Waals surface area contributed by atoms with E-state index in [1.54, 1.807) is 0 Å². The Morgan fingerprint density at radius 1 is 1.15 bits per heavy atom.